The van der Waals surface area contributed by atoms with Gasteiger partial charge >= 0.3 is 0 Å². The highest BCUT2D eigenvalue weighted by Gasteiger charge is 2.03. The first-order valence-electron chi connectivity index (χ1n) is 5.79. The van der Waals surface area contributed by atoms with Gasteiger partial charge in [0, 0.05) is 12.6 Å². The zero-order valence-electron chi connectivity index (χ0n) is 10.1. The predicted molar refractivity (Wildman–Crippen MR) is 74.4 cm³/mol. The summed E-state index contributed by atoms with van der Waals surface area (Å²) >= 11 is 5.89. The van der Waals surface area contributed by atoms with E-state index >= 15 is 0 Å². The van der Waals surface area contributed by atoms with E-state index in [2.05, 4.69) is 5.32 Å². The molecule has 0 spiro atoms. The average molecular weight is 283 g/mol. The van der Waals surface area contributed by atoms with Crippen LogP contribution in [0.4, 0.5) is 20.2 Å². The lowest BCUT2D eigenvalue weighted by Gasteiger charge is -2.10. The summed E-state index contributed by atoms with van der Waals surface area (Å²) in [6, 6.07) is 8.75. The van der Waals surface area contributed by atoms with E-state index < -0.39 is 11.6 Å². The zero-order valence-corrected chi connectivity index (χ0v) is 10.8. The predicted octanol–water partition coefficient (Wildman–Crippen LogP) is 3.86. The summed E-state index contributed by atoms with van der Waals surface area (Å²) in [7, 11) is 0. The van der Waals surface area contributed by atoms with Crippen LogP contribution in [0.5, 0.6) is 0 Å². The van der Waals surface area contributed by atoms with Crippen molar-refractivity contribution in [2.24, 2.45) is 0 Å². The quantitative estimate of drug-likeness (QED) is 0.836. The van der Waals surface area contributed by atoms with Crippen LogP contribution in [0.1, 0.15) is 5.56 Å². The summed E-state index contributed by atoms with van der Waals surface area (Å²) in [5.41, 5.74) is 7.56. The lowest BCUT2D eigenvalue weighted by molar-refractivity contribution is 0.580. The monoisotopic (exact) mass is 282 g/mol. The Morgan fingerprint density at radius 1 is 1.11 bits per heavy atom. The maximum absolute atomic E-state index is 13.0. The number of nitrogens with two attached hydrogens (primary N) is 1. The molecule has 0 radical (unpaired) electrons. The summed E-state index contributed by atoms with van der Waals surface area (Å²) < 4.78 is 26.0. The molecule has 0 aliphatic heterocycles. The maximum Gasteiger partial charge on any atom is 0.126 e. The molecule has 0 aliphatic rings. The highest BCUT2D eigenvalue weighted by Crippen LogP contribution is 2.26. The van der Waals surface area contributed by atoms with Crippen LogP contribution < -0.4 is 11.1 Å². The first-order valence-corrected chi connectivity index (χ1v) is 6.17. The van der Waals surface area contributed by atoms with Crippen molar-refractivity contribution in [3.8, 4) is 0 Å². The SMILES string of the molecule is Nc1c(Cl)cccc1NCCc1cc(F)cc(F)c1. The Kier molecular flexibility index (Phi) is 4.22. The molecule has 0 aromatic heterocycles. The second kappa shape index (κ2) is 5.89. The third kappa shape index (κ3) is 3.58. The Labute approximate surface area is 115 Å². The van der Waals surface area contributed by atoms with Gasteiger partial charge in [0.15, 0.2) is 0 Å². The third-order valence-corrected chi connectivity index (χ3v) is 3.03. The molecule has 0 saturated heterocycles. The van der Waals surface area contributed by atoms with Crippen molar-refractivity contribution in [2.75, 3.05) is 17.6 Å². The molecule has 0 saturated carbocycles. The Bertz CT molecular complexity index is 567. The maximum atomic E-state index is 13.0. The van der Waals surface area contributed by atoms with Gasteiger partial charge in [-0.1, -0.05) is 17.7 Å². The van der Waals surface area contributed by atoms with E-state index in [1.54, 1.807) is 18.2 Å². The summed E-state index contributed by atoms with van der Waals surface area (Å²) in [6.07, 6.45) is 0.487. The lowest BCUT2D eigenvalue weighted by atomic mass is 10.1. The van der Waals surface area contributed by atoms with Gasteiger partial charge in [-0.15, -0.1) is 0 Å². The highest BCUT2D eigenvalue weighted by molar-refractivity contribution is 6.33. The second-order valence-electron chi connectivity index (χ2n) is 4.16. The van der Waals surface area contributed by atoms with Crippen LogP contribution >= 0.6 is 11.6 Å². The fourth-order valence-corrected chi connectivity index (χ4v) is 1.96. The smallest absolute Gasteiger partial charge is 0.126 e. The van der Waals surface area contributed by atoms with Gasteiger partial charge in [-0.25, -0.2) is 8.78 Å². The van der Waals surface area contributed by atoms with Crippen LogP contribution in [0.3, 0.4) is 0 Å². The summed E-state index contributed by atoms with van der Waals surface area (Å²) in [5.74, 6) is -1.14. The first-order chi connectivity index (χ1) is 9.06. The number of hydrogen-bond acceptors (Lipinski definition) is 2. The van der Waals surface area contributed by atoms with E-state index in [1.807, 2.05) is 0 Å². The van der Waals surface area contributed by atoms with Crippen LogP contribution in [0, 0.1) is 11.6 Å². The normalized spacial score (nSPS) is 10.5. The number of benzene rings is 2. The number of para-hydroxylation sites is 1. The molecule has 2 aromatic rings. The Morgan fingerprint density at radius 3 is 2.47 bits per heavy atom. The van der Waals surface area contributed by atoms with Gasteiger partial charge in [-0.3, -0.25) is 0 Å². The minimum absolute atomic E-state index is 0.467. The molecule has 0 unspecified atom stereocenters. The van der Waals surface area contributed by atoms with Gasteiger partial charge in [0.25, 0.3) is 0 Å². The number of anilines is 2. The van der Waals surface area contributed by atoms with Crippen LogP contribution in [-0.4, -0.2) is 6.54 Å². The van der Waals surface area contributed by atoms with E-state index in [0.29, 0.717) is 34.9 Å². The molecular weight excluding hydrogens is 270 g/mol. The number of nitrogens with one attached hydrogen (secondary N) is 1. The fourth-order valence-electron chi connectivity index (χ4n) is 1.79. The minimum Gasteiger partial charge on any atom is -0.396 e. The average Bonchev–Trinajstić information content (AvgIpc) is 2.33. The topological polar surface area (TPSA) is 38.0 Å². The number of hydrogen-bond donors (Lipinski definition) is 2. The summed E-state index contributed by atoms with van der Waals surface area (Å²) in [4.78, 5) is 0. The van der Waals surface area contributed by atoms with Gasteiger partial charge in [0.05, 0.1) is 16.4 Å². The summed E-state index contributed by atoms with van der Waals surface area (Å²) in [5, 5.41) is 3.56. The van der Waals surface area contributed by atoms with E-state index in [1.165, 1.54) is 12.1 Å². The molecule has 2 rings (SSSR count). The van der Waals surface area contributed by atoms with E-state index in [-0.39, 0.29) is 0 Å². The molecule has 0 bridgehead atoms. The van der Waals surface area contributed by atoms with Gasteiger partial charge in [0.2, 0.25) is 0 Å². The molecule has 2 nitrogen and oxygen atoms in total. The molecule has 3 N–H and O–H groups in total. The Balaban J connectivity index is 1.98. The van der Waals surface area contributed by atoms with Crippen molar-refractivity contribution >= 4 is 23.0 Å². The van der Waals surface area contributed by atoms with Crippen LogP contribution in [0.2, 0.25) is 5.02 Å². The standard InChI is InChI=1S/C14H13ClF2N2/c15-12-2-1-3-13(14(12)18)19-5-4-9-6-10(16)8-11(17)7-9/h1-3,6-8,19H,4-5,18H2. The van der Waals surface area contributed by atoms with Crippen LogP contribution in [0.15, 0.2) is 36.4 Å². The number of halogens is 3. The van der Waals surface area contributed by atoms with Gasteiger partial charge in [-0.2, -0.15) is 0 Å². The second-order valence-corrected chi connectivity index (χ2v) is 4.56. The Morgan fingerprint density at radius 2 is 1.79 bits per heavy atom. The fraction of sp³-hybridized carbons (Fsp3) is 0.143. The van der Waals surface area contributed by atoms with Crippen molar-refractivity contribution in [1.29, 1.82) is 0 Å². The first kappa shape index (κ1) is 13.6. The molecule has 0 amide bonds. The molecule has 100 valence electrons. The van der Waals surface area contributed by atoms with Crippen molar-refractivity contribution in [1.82, 2.24) is 0 Å². The lowest BCUT2D eigenvalue weighted by Crippen LogP contribution is -2.07. The van der Waals surface area contributed by atoms with Crippen LogP contribution in [-0.2, 0) is 6.42 Å². The number of rotatable bonds is 4. The van der Waals surface area contributed by atoms with Crippen LogP contribution in [0.25, 0.3) is 0 Å². The largest absolute Gasteiger partial charge is 0.396 e. The molecular formula is C14H13ClF2N2. The van der Waals surface area contributed by atoms with E-state index in [9.17, 15) is 8.78 Å². The number of nitrogen functional groups attached to an aromatic ring is 1. The minimum atomic E-state index is -0.572. The third-order valence-electron chi connectivity index (χ3n) is 2.70. The van der Waals surface area contributed by atoms with Crippen molar-refractivity contribution in [2.45, 2.75) is 6.42 Å². The summed E-state index contributed by atoms with van der Waals surface area (Å²) in [6.45, 7) is 0.507. The van der Waals surface area contributed by atoms with Crippen molar-refractivity contribution in [3.05, 3.63) is 58.6 Å². The zero-order chi connectivity index (χ0) is 13.8. The highest BCUT2D eigenvalue weighted by atomic mass is 35.5. The van der Waals surface area contributed by atoms with Gasteiger partial charge < -0.3 is 11.1 Å². The van der Waals surface area contributed by atoms with Crippen molar-refractivity contribution in [3.63, 3.8) is 0 Å². The Hall–Kier alpha value is -1.81. The molecule has 0 atom stereocenters. The molecule has 5 heteroatoms. The van der Waals surface area contributed by atoms with Crippen molar-refractivity contribution < 1.29 is 8.78 Å². The molecule has 19 heavy (non-hydrogen) atoms. The van der Waals surface area contributed by atoms with Gasteiger partial charge in [0.1, 0.15) is 11.6 Å². The molecule has 2 aromatic carbocycles. The molecule has 0 aliphatic carbocycles. The van der Waals surface area contributed by atoms with Gasteiger partial charge in [-0.05, 0) is 36.2 Å². The van der Waals surface area contributed by atoms with E-state index in [0.717, 1.165) is 6.07 Å². The molecule has 0 fully saturated rings. The van der Waals surface area contributed by atoms with E-state index in [4.69, 9.17) is 17.3 Å². The molecule has 0 heterocycles.